The second kappa shape index (κ2) is 6.35. The predicted molar refractivity (Wildman–Crippen MR) is 95.2 cm³/mol. The Bertz CT molecular complexity index is 689. The zero-order valence-corrected chi connectivity index (χ0v) is 14.3. The fourth-order valence-electron chi connectivity index (χ4n) is 3.70. The maximum atomic E-state index is 11.4. The summed E-state index contributed by atoms with van der Waals surface area (Å²) in [7, 11) is 0. The second-order valence-corrected chi connectivity index (χ2v) is 7.78. The van der Waals surface area contributed by atoms with Crippen molar-refractivity contribution >= 4 is 17.1 Å². The number of hydrogen-bond acceptors (Lipinski definition) is 2. The minimum absolute atomic E-state index is 0.220. The number of carbonyl (C=O) groups excluding carboxylic acids is 1. The molecular weight excluding hydrogens is 284 g/mol. The molecule has 0 unspecified atom stereocenters. The Morgan fingerprint density at radius 1 is 1.00 bits per heavy atom. The van der Waals surface area contributed by atoms with Crippen molar-refractivity contribution in [2.24, 2.45) is 11.3 Å². The maximum Gasteiger partial charge on any atom is 0.153 e. The van der Waals surface area contributed by atoms with Crippen LogP contribution in [0.5, 0.6) is 5.75 Å². The number of hydrogen-bond donors (Lipinski definition) is 0. The van der Waals surface area contributed by atoms with Crippen molar-refractivity contribution in [1.29, 1.82) is 0 Å². The summed E-state index contributed by atoms with van der Waals surface area (Å²) in [6.45, 7) is 6.98. The van der Waals surface area contributed by atoms with Gasteiger partial charge in [-0.25, -0.2) is 0 Å². The average Bonchev–Trinajstić information content (AvgIpc) is 2.55. The zero-order valence-electron chi connectivity index (χ0n) is 14.3. The quantitative estimate of drug-likeness (QED) is 0.686. The van der Waals surface area contributed by atoms with Crippen molar-refractivity contribution in [1.82, 2.24) is 0 Å². The van der Waals surface area contributed by atoms with Crippen molar-refractivity contribution in [3.8, 4) is 5.75 Å². The number of carbonyl (C=O) groups is 1. The van der Waals surface area contributed by atoms with Crippen molar-refractivity contribution in [2.75, 3.05) is 0 Å². The Kier molecular flexibility index (Phi) is 4.43. The van der Waals surface area contributed by atoms with Gasteiger partial charge in [-0.3, -0.25) is 4.79 Å². The minimum Gasteiger partial charge on any atom is -0.489 e. The molecule has 3 rings (SSSR count). The van der Waals surface area contributed by atoms with E-state index in [1.54, 1.807) is 0 Å². The van der Waals surface area contributed by atoms with Gasteiger partial charge in [-0.2, -0.15) is 0 Å². The van der Waals surface area contributed by atoms with Gasteiger partial charge in [-0.05, 0) is 48.5 Å². The molecular formula is C21H26O2. The topological polar surface area (TPSA) is 26.3 Å². The minimum atomic E-state index is 0.220. The lowest BCUT2D eigenvalue weighted by atomic mass is 9.72. The summed E-state index contributed by atoms with van der Waals surface area (Å²) in [5, 5.41) is 2.16. The molecule has 0 spiro atoms. The first-order valence-electron chi connectivity index (χ1n) is 8.62. The highest BCUT2D eigenvalue weighted by Crippen LogP contribution is 2.40. The standard InChI is InChI=1S/C21H26O2/c1-21(2,3)17-10-12-18(13-11-17)23-20-16(14-22)9-8-15-6-4-5-7-19(15)20/h4-9,14,17-18H,10-13H2,1-3H3. The normalized spacial score (nSPS) is 22.0. The summed E-state index contributed by atoms with van der Waals surface area (Å²) in [6.07, 6.45) is 5.68. The molecule has 122 valence electrons. The molecule has 0 amide bonds. The highest BCUT2D eigenvalue weighted by atomic mass is 16.5. The van der Waals surface area contributed by atoms with Crippen LogP contribution in [-0.2, 0) is 0 Å². The van der Waals surface area contributed by atoms with Crippen LogP contribution in [0.4, 0.5) is 0 Å². The Hall–Kier alpha value is -1.83. The lowest BCUT2D eigenvalue weighted by Gasteiger charge is -2.37. The van der Waals surface area contributed by atoms with E-state index in [0.29, 0.717) is 11.0 Å². The Balaban J connectivity index is 1.81. The fraction of sp³-hybridized carbons (Fsp3) is 0.476. The van der Waals surface area contributed by atoms with E-state index in [1.807, 2.05) is 30.3 Å². The first kappa shape index (κ1) is 16.0. The summed E-state index contributed by atoms with van der Waals surface area (Å²) < 4.78 is 6.32. The number of ether oxygens (including phenoxy) is 1. The molecule has 0 radical (unpaired) electrons. The smallest absolute Gasteiger partial charge is 0.153 e. The van der Waals surface area contributed by atoms with Crippen LogP contribution in [0.1, 0.15) is 56.8 Å². The third-order valence-corrected chi connectivity index (χ3v) is 5.22. The van der Waals surface area contributed by atoms with E-state index < -0.39 is 0 Å². The third kappa shape index (κ3) is 3.41. The van der Waals surface area contributed by atoms with Gasteiger partial charge in [0.05, 0.1) is 11.7 Å². The van der Waals surface area contributed by atoms with Crippen molar-refractivity contribution < 1.29 is 9.53 Å². The molecule has 1 fully saturated rings. The van der Waals surface area contributed by atoms with Crippen LogP contribution in [0, 0.1) is 11.3 Å². The molecule has 1 saturated carbocycles. The highest BCUT2D eigenvalue weighted by Gasteiger charge is 2.30. The van der Waals surface area contributed by atoms with Crippen LogP contribution in [0.2, 0.25) is 0 Å². The van der Waals surface area contributed by atoms with E-state index in [1.165, 1.54) is 12.8 Å². The van der Waals surface area contributed by atoms with Crippen LogP contribution in [0.15, 0.2) is 36.4 Å². The molecule has 0 heterocycles. The van der Waals surface area contributed by atoms with Gasteiger partial charge in [0.2, 0.25) is 0 Å². The number of fused-ring (bicyclic) bond motifs is 1. The first-order chi connectivity index (χ1) is 11.0. The van der Waals surface area contributed by atoms with Crippen LogP contribution >= 0.6 is 0 Å². The molecule has 2 aromatic carbocycles. The molecule has 0 aromatic heterocycles. The van der Waals surface area contributed by atoms with E-state index in [0.717, 1.165) is 41.6 Å². The predicted octanol–water partition coefficient (Wildman–Crippen LogP) is 5.64. The van der Waals surface area contributed by atoms with Crippen molar-refractivity contribution in [3.63, 3.8) is 0 Å². The molecule has 2 heteroatoms. The van der Waals surface area contributed by atoms with Gasteiger partial charge in [0, 0.05) is 5.39 Å². The molecule has 0 saturated heterocycles. The molecule has 1 aliphatic carbocycles. The Morgan fingerprint density at radius 3 is 2.35 bits per heavy atom. The molecule has 0 bridgehead atoms. The maximum absolute atomic E-state index is 11.4. The molecule has 0 atom stereocenters. The van der Waals surface area contributed by atoms with Gasteiger partial charge in [-0.1, -0.05) is 51.1 Å². The SMILES string of the molecule is CC(C)(C)C1CCC(Oc2c(C=O)ccc3ccccc23)CC1. The van der Waals surface area contributed by atoms with Gasteiger partial charge in [0.15, 0.2) is 6.29 Å². The van der Waals surface area contributed by atoms with Gasteiger partial charge in [0.25, 0.3) is 0 Å². The zero-order chi connectivity index (χ0) is 16.4. The van der Waals surface area contributed by atoms with Crippen molar-refractivity contribution in [2.45, 2.75) is 52.6 Å². The molecule has 1 aliphatic rings. The summed E-state index contributed by atoms with van der Waals surface area (Å²) in [5.41, 5.74) is 1.03. The lowest BCUT2D eigenvalue weighted by Crippen LogP contribution is -2.30. The van der Waals surface area contributed by atoms with Crippen molar-refractivity contribution in [3.05, 3.63) is 42.0 Å². The van der Waals surface area contributed by atoms with E-state index in [2.05, 4.69) is 26.8 Å². The molecule has 2 nitrogen and oxygen atoms in total. The number of rotatable bonds is 3. The summed E-state index contributed by atoms with van der Waals surface area (Å²) in [5.74, 6) is 1.53. The van der Waals surface area contributed by atoms with E-state index in [9.17, 15) is 4.79 Å². The van der Waals surface area contributed by atoms with Crippen LogP contribution in [0.25, 0.3) is 10.8 Å². The van der Waals surface area contributed by atoms with Crippen LogP contribution in [0.3, 0.4) is 0 Å². The van der Waals surface area contributed by atoms with Gasteiger partial charge < -0.3 is 4.74 Å². The lowest BCUT2D eigenvalue weighted by molar-refractivity contribution is 0.0880. The summed E-state index contributed by atoms with van der Waals surface area (Å²) >= 11 is 0. The monoisotopic (exact) mass is 310 g/mol. The number of benzene rings is 2. The Morgan fingerprint density at radius 2 is 1.70 bits per heavy atom. The molecule has 2 aromatic rings. The van der Waals surface area contributed by atoms with E-state index >= 15 is 0 Å². The van der Waals surface area contributed by atoms with Crippen LogP contribution in [-0.4, -0.2) is 12.4 Å². The fourth-order valence-corrected chi connectivity index (χ4v) is 3.70. The highest BCUT2D eigenvalue weighted by molar-refractivity contribution is 5.96. The van der Waals surface area contributed by atoms with E-state index in [-0.39, 0.29) is 6.10 Å². The van der Waals surface area contributed by atoms with Gasteiger partial charge >= 0.3 is 0 Å². The Labute approximate surface area is 138 Å². The number of aldehydes is 1. The largest absolute Gasteiger partial charge is 0.489 e. The van der Waals surface area contributed by atoms with Gasteiger partial charge in [0.1, 0.15) is 5.75 Å². The summed E-state index contributed by atoms with van der Waals surface area (Å²) in [6, 6.07) is 12.0. The third-order valence-electron chi connectivity index (χ3n) is 5.22. The van der Waals surface area contributed by atoms with E-state index in [4.69, 9.17) is 4.74 Å². The first-order valence-corrected chi connectivity index (χ1v) is 8.62. The van der Waals surface area contributed by atoms with Crippen LogP contribution < -0.4 is 4.74 Å². The average molecular weight is 310 g/mol. The second-order valence-electron chi connectivity index (χ2n) is 7.78. The molecule has 0 N–H and O–H groups in total. The molecule has 23 heavy (non-hydrogen) atoms. The summed E-state index contributed by atoms with van der Waals surface area (Å²) in [4.78, 5) is 11.4. The van der Waals surface area contributed by atoms with Gasteiger partial charge in [-0.15, -0.1) is 0 Å². The molecule has 0 aliphatic heterocycles.